The SMILES string of the molecule is Cc1ccc(NCc2cccn2C)cc1Cl. The van der Waals surface area contributed by atoms with Crippen LogP contribution in [0.2, 0.25) is 5.02 Å². The number of hydrogen-bond acceptors (Lipinski definition) is 1. The van der Waals surface area contributed by atoms with Crippen LogP contribution in [-0.4, -0.2) is 4.57 Å². The van der Waals surface area contributed by atoms with E-state index in [-0.39, 0.29) is 0 Å². The van der Waals surface area contributed by atoms with Crippen molar-refractivity contribution in [1.82, 2.24) is 4.57 Å². The van der Waals surface area contributed by atoms with E-state index in [9.17, 15) is 0 Å². The topological polar surface area (TPSA) is 17.0 Å². The molecule has 0 radical (unpaired) electrons. The third kappa shape index (κ3) is 2.39. The van der Waals surface area contributed by atoms with Gasteiger partial charge in [0.05, 0.1) is 6.54 Å². The number of benzene rings is 1. The number of hydrogen-bond donors (Lipinski definition) is 1. The zero-order valence-corrected chi connectivity index (χ0v) is 10.3. The number of rotatable bonds is 3. The highest BCUT2D eigenvalue weighted by Gasteiger charge is 1.99. The molecule has 16 heavy (non-hydrogen) atoms. The monoisotopic (exact) mass is 234 g/mol. The van der Waals surface area contributed by atoms with Crippen molar-refractivity contribution in [3.05, 3.63) is 52.8 Å². The van der Waals surface area contributed by atoms with E-state index in [1.165, 1.54) is 5.69 Å². The summed E-state index contributed by atoms with van der Waals surface area (Å²) in [4.78, 5) is 0. The molecule has 2 aromatic rings. The standard InChI is InChI=1S/C13H15ClN2/c1-10-5-6-11(8-13(10)14)15-9-12-4-3-7-16(12)2/h3-8,15H,9H2,1-2H3. The molecule has 2 nitrogen and oxygen atoms in total. The highest BCUT2D eigenvalue weighted by atomic mass is 35.5. The Morgan fingerprint density at radius 2 is 2.12 bits per heavy atom. The maximum absolute atomic E-state index is 6.06. The molecule has 0 bridgehead atoms. The normalized spacial score (nSPS) is 10.4. The number of aromatic nitrogens is 1. The molecule has 84 valence electrons. The first kappa shape index (κ1) is 11.1. The van der Waals surface area contributed by atoms with Gasteiger partial charge in [0.25, 0.3) is 0 Å². The van der Waals surface area contributed by atoms with Crippen LogP contribution in [0.4, 0.5) is 5.69 Å². The molecule has 1 aromatic carbocycles. The molecular weight excluding hydrogens is 220 g/mol. The second kappa shape index (κ2) is 4.62. The second-order valence-corrected chi connectivity index (χ2v) is 4.34. The van der Waals surface area contributed by atoms with E-state index in [0.29, 0.717) is 0 Å². The lowest BCUT2D eigenvalue weighted by molar-refractivity contribution is 0.842. The van der Waals surface area contributed by atoms with E-state index in [4.69, 9.17) is 11.6 Å². The van der Waals surface area contributed by atoms with E-state index in [1.54, 1.807) is 0 Å². The fourth-order valence-corrected chi connectivity index (χ4v) is 1.76. The molecule has 0 aliphatic heterocycles. The Morgan fingerprint density at radius 1 is 1.31 bits per heavy atom. The van der Waals surface area contributed by atoms with Gasteiger partial charge in [-0.05, 0) is 36.8 Å². The van der Waals surface area contributed by atoms with Crippen LogP contribution in [0.3, 0.4) is 0 Å². The van der Waals surface area contributed by atoms with Crippen LogP contribution in [0.25, 0.3) is 0 Å². The van der Waals surface area contributed by atoms with Crippen LogP contribution in [0.5, 0.6) is 0 Å². The van der Waals surface area contributed by atoms with Crippen LogP contribution in [-0.2, 0) is 13.6 Å². The minimum Gasteiger partial charge on any atom is -0.379 e. The van der Waals surface area contributed by atoms with Gasteiger partial charge in [-0.2, -0.15) is 0 Å². The molecule has 0 saturated heterocycles. The summed E-state index contributed by atoms with van der Waals surface area (Å²) in [7, 11) is 2.04. The van der Waals surface area contributed by atoms with Crippen molar-refractivity contribution in [3.8, 4) is 0 Å². The summed E-state index contributed by atoms with van der Waals surface area (Å²) in [6.07, 6.45) is 2.04. The van der Waals surface area contributed by atoms with Crippen LogP contribution in [0.1, 0.15) is 11.3 Å². The van der Waals surface area contributed by atoms with Crippen molar-refractivity contribution >= 4 is 17.3 Å². The molecule has 1 heterocycles. The Labute approximate surface area is 101 Å². The quantitative estimate of drug-likeness (QED) is 0.859. The lowest BCUT2D eigenvalue weighted by atomic mass is 10.2. The zero-order valence-electron chi connectivity index (χ0n) is 9.50. The zero-order chi connectivity index (χ0) is 11.5. The van der Waals surface area contributed by atoms with Gasteiger partial charge in [0.2, 0.25) is 0 Å². The summed E-state index contributed by atoms with van der Waals surface area (Å²) < 4.78 is 2.10. The molecule has 0 aliphatic rings. The van der Waals surface area contributed by atoms with Gasteiger partial charge in [0, 0.05) is 29.6 Å². The first-order valence-corrected chi connectivity index (χ1v) is 5.65. The molecule has 1 N–H and O–H groups in total. The van der Waals surface area contributed by atoms with Crippen LogP contribution in [0.15, 0.2) is 36.5 Å². The minimum absolute atomic E-state index is 0.803. The Kier molecular flexibility index (Phi) is 3.20. The van der Waals surface area contributed by atoms with Gasteiger partial charge in [-0.3, -0.25) is 0 Å². The molecule has 0 aliphatic carbocycles. The lowest BCUT2D eigenvalue weighted by Crippen LogP contribution is -2.03. The Hall–Kier alpha value is -1.41. The third-order valence-corrected chi connectivity index (χ3v) is 3.10. The lowest BCUT2D eigenvalue weighted by Gasteiger charge is -2.08. The summed E-state index contributed by atoms with van der Waals surface area (Å²) in [5, 5.41) is 4.15. The van der Waals surface area contributed by atoms with Crippen molar-refractivity contribution in [3.63, 3.8) is 0 Å². The summed E-state index contributed by atoms with van der Waals surface area (Å²) >= 11 is 6.06. The van der Waals surface area contributed by atoms with E-state index < -0.39 is 0 Å². The molecular formula is C13H15ClN2. The average molecular weight is 235 g/mol. The van der Waals surface area contributed by atoms with Crippen LogP contribution in [0, 0.1) is 6.92 Å². The summed E-state index contributed by atoms with van der Waals surface area (Å²) in [5.74, 6) is 0. The molecule has 2 rings (SSSR count). The van der Waals surface area contributed by atoms with E-state index >= 15 is 0 Å². The molecule has 0 spiro atoms. The van der Waals surface area contributed by atoms with Gasteiger partial charge in [-0.25, -0.2) is 0 Å². The average Bonchev–Trinajstić information content (AvgIpc) is 2.66. The third-order valence-electron chi connectivity index (χ3n) is 2.70. The molecule has 0 saturated carbocycles. The highest BCUT2D eigenvalue weighted by Crippen LogP contribution is 2.20. The number of halogens is 1. The van der Waals surface area contributed by atoms with Gasteiger partial charge in [0.15, 0.2) is 0 Å². The van der Waals surface area contributed by atoms with Crippen molar-refractivity contribution in [2.24, 2.45) is 7.05 Å². The Morgan fingerprint density at radius 3 is 2.75 bits per heavy atom. The predicted octanol–water partition coefficient (Wildman–Crippen LogP) is 3.60. The first-order chi connectivity index (χ1) is 7.66. The van der Waals surface area contributed by atoms with Crippen molar-refractivity contribution in [2.75, 3.05) is 5.32 Å². The number of nitrogens with zero attached hydrogens (tertiary/aromatic N) is 1. The predicted molar refractivity (Wildman–Crippen MR) is 68.9 cm³/mol. The van der Waals surface area contributed by atoms with E-state index in [2.05, 4.69) is 16.0 Å². The molecule has 0 fully saturated rings. The number of anilines is 1. The first-order valence-electron chi connectivity index (χ1n) is 5.27. The molecule has 0 atom stereocenters. The van der Waals surface area contributed by atoms with Gasteiger partial charge < -0.3 is 9.88 Å². The Balaban J connectivity index is 2.05. The molecule has 3 heteroatoms. The number of aryl methyl sites for hydroxylation is 2. The maximum Gasteiger partial charge on any atom is 0.0553 e. The highest BCUT2D eigenvalue weighted by molar-refractivity contribution is 6.31. The minimum atomic E-state index is 0.803. The molecule has 0 unspecified atom stereocenters. The van der Waals surface area contributed by atoms with Crippen LogP contribution < -0.4 is 5.32 Å². The smallest absolute Gasteiger partial charge is 0.0553 e. The summed E-state index contributed by atoms with van der Waals surface area (Å²) in [6, 6.07) is 10.2. The van der Waals surface area contributed by atoms with Crippen molar-refractivity contribution < 1.29 is 0 Å². The Bertz CT molecular complexity index is 488. The van der Waals surface area contributed by atoms with Crippen molar-refractivity contribution in [1.29, 1.82) is 0 Å². The van der Waals surface area contributed by atoms with E-state index in [0.717, 1.165) is 22.8 Å². The van der Waals surface area contributed by atoms with Crippen LogP contribution >= 0.6 is 11.6 Å². The largest absolute Gasteiger partial charge is 0.379 e. The fourth-order valence-electron chi connectivity index (χ4n) is 1.58. The van der Waals surface area contributed by atoms with Crippen molar-refractivity contribution in [2.45, 2.75) is 13.5 Å². The fraction of sp³-hybridized carbons (Fsp3) is 0.231. The van der Waals surface area contributed by atoms with Gasteiger partial charge in [0.1, 0.15) is 0 Å². The summed E-state index contributed by atoms with van der Waals surface area (Å²) in [6.45, 7) is 2.81. The molecule has 1 aromatic heterocycles. The van der Waals surface area contributed by atoms with Gasteiger partial charge in [-0.1, -0.05) is 17.7 Å². The second-order valence-electron chi connectivity index (χ2n) is 3.93. The summed E-state index contributed by atoms with van der Waals surface area (Å²) in [5.41, 5.74) is 3.40. The molecule has 0 amide bonds. The van der Waals surface area contributed by atoms with Gasteiger partial charge in [-0.15, -0.1) is 0 Å². The van der Waals surface area contributed by atoms with E-state index in [1.807, 2.05) is 44.4 Å². The van der Waals surface area contributed by atoms with Gasteiger partial charge >= 0.3 is 0 Å². The maximum atomic E-state index is 6.06. The number of nitrogens with one attached hydrogen (secondary N) is 1.